The number of β-amino-alcohol motifs (C(OH)–C–C–N with tert-alkyl or cyclic N) is 1. The molecule has 1 heterocycles. The second-order valence-electron chi connectivity index (χ2n) is 6.36. The Morgan fingerprint density at radius 3 is 2.64 bits per heavy atom. The van der Waals surface area contributed by atoms with Crippen molar-refractivity contribution in [1.29, 1.82) is 0 Å². The summed E-state index contributed by atoms with van der Waals surface area (Å²) in [5.74, 6) is 1.13. The van der Waals surface area contributed by atoms with Gasteiger partial charge in [-0.15, -0.1) is 0 Å². The molecular formula is C20H23NO4. The quantitative estimate of drug-likeness (QED) is 0.908. The number of ether oxygens (including phenoxy) is 2. The fourth-order valence-electron chi connectivity index (χ4n) is 3.13. The number of rotatable bonds is 5. The Kier molecular flexibility index (Phi) is 5.24. The van der Waals surface area contributed by atoms with Crippen LogP contribution < -0.4 is 9.47 Å². The smallest absolute Gasteiger partial charge is 0.257 e. The van der Waals surface area contributed by atoms with Gasteiger partial charge in [-0.3, -0.25) is 4.79 Å². The number of hydrogen-bond acceptors (Lipinski definition) is 4. The van der Waals surface area contributed by atoms with Crippen molar-refractivity contribution >= 4 is 5.91 Å². The standard InChI is InChI=1S/C20H23NO4/c1-24-18-11-6-5-10-17(18)19(22)21-13-7-12-20(23,14-21)15-25-16-8-3-2-4-9-16/h2-6,8-11,23H,7,12-15H2,1H3/t20-/m1/s1. The predicted molar refractivity (Wildman–Crippen MR) is 95.0 cm³/mol. The topological polar surface area (TPSA) is 59.0 Å². The zero-order valence-corrected chi connectivity index (χ0v) is 14.4. The van der Waals surface area contributed by atoms with Gasteiger partial charge < -0.3 is 19.5 Å². The summed E-state index contributed by atoms with van der Waals surface area (Å²) in [5.41, 5.74) is -0.538. The number of methoxy groups -OCH3 is 1. The summed E-state index contributed by atoms with van der Waals surface area (Å²) in [6.07, 6.45) is 1.34. The summed E-state index contributed by atoms with van der Waals surface area (Å²) in [4.78, 5) is 14.5. The largest absolute Gasteiger partial charge is 0.496 e. The first-order chi connectivity index (χ1) is 12.1. The van der Waals surface area contributed by atoms with E-state index in [4.69, 9.17) is 9.47 Å². The van der Waals surface area contributed by atoms with Gasteiger partial charge in [0.25, 0.3) is 5.91 Å². The molecule has 0 aromatic heterocycles. The molecule has 1 aliphatic rings. The molecule has 5 heteroatoms. The van der Waals surface area contributed by atoms with Gasteiger partial charge >= 0.3 is 0 Å². The van der Waals surface area contributed by atoms with Crippen molar-refractivity contribution in [2.24, 2.45) is 0 Å². The molecule has 25 heavy (non-hydrogen) atoms. The van der Waals surface area contributed by atoms with Crippen molar-refractivity contribution in [2.75, 3.05) is 26.8 Å². The zero-order chi connectivity index (χ0) is 17.7. The second kappa shape index (κ2) is 7.57. The monoisotopic (exact) mass is 341 g/mol. The van der Waals surface area contributed by atoms with Crippen LogP contribution in [0.2, 0.25) is 0 Å². The van der Waals surface area contributed by atoms with Crippen LogP contribution in [0.4, 0.5) is 0 Å². The molecule has 1 atom stereocenters. The van der Waals surface area contributed by atoms with Gasteiger partial charge in [-0.2, -0.15) is 0 Å². The number of nitrogens with zero attached hydrogens (tertiary/aromatic N) is 1. The zero-order valence-electron chi connectivity index (χ0n) is 14.4. The highest BCUT2D eigenvalue weighted by molar-refractivity contribution is 5.97. The fraction of sp³-hybridized carbons (Fsp3) is 0.350. The molecule has 0 unspecified atom stereocenters. The van der Waals surface area contributed by atoms with Crippen LogP contribution in [0.1, 0.15) is 23.2 Å². The van der Waals surface area contributed by atoms with Crippen LogP contribution in [0.25, 0.3) is 0 Å². The third-order valence-electron chi connectivity index (χ3n) is 4.43. The van der Waals surface area contributed by atoms with Gasteiger partial charge in [-0.1, -0.05) is 30.3 Å². The number of para-hydroxylation sites is 2. The van der Waals surface area contributed by atoms with E-state index in [-0.39, 0.29) is 19.1 Å². The van der Waals surface area contributed by atoms with Crippen LogP contribution in [-0.2, 0) is 0 Å². The van der Waals surface area contributed by atoms with Gasteiger partial charge in [-0.25, -0.2) is 0 Å². The Morgan fingerprint density at radius 2 is 1.88 bits per heavy atom. The molecule has 0 bridgehead atoms. The van der Waals surface area contributed by atoms with Crippen molar-refractivity contribution in [1.82, 2.24) is 4.90 Å². The molecule has 132 valence electrons. The van der Waals surface area contributed by atoms with Gasteiger partial charge in [-0.05, 0) is 37.1 Å². The van der Waals surface area contributed by atoms with Crippen molar-refractivity contribution in [3.05, 3.63) is 60.2 Å². The fourth-order valence-corrected chi connectivity index (χ4v) is 3.13. The number of likely N-dealkylation sites (tertiary alicyclic amines) is 1. The van der Waals surface area contributed by atoms with Gasteiger partial charge in [0.05, 0.1) is 19.2 Å². The van der Waals surface area contributed by atoms with Crippen LogP contribution in [0, 0.1) is 0 Å². The lowest BCUT2D eigenvalue weighted by Crippen LogP contribution is -2.53. The molecule has 0 radical (unpaired) electrons. The first-order valence-electron chi connectivity index (χ1n) is 8.44. The Labute approximate surface area is 147 Å². The first-order valence-corrected chi connectivity index (χ1v) is 8.44. The van der Waals surface area contributed by atoms with Crippen LogP contribution in [0.15, 0.2) is 54.6 Å². The predicted octanol–water partition coefficient (Wildman–Crippen LogP) is 2.74. The molecule has 1 amide bonds. The maximum Gasteiger partial charge on any atom is 0.257 e. The van der Waals surface area contributed by atoms with Gasteiger partial charge in [0.15, 0.2) is 0 Å². The summed E-state index contributed by atoms with van der Waals surface area (Å²) >= 11 is 0. The molecule has 1 aliphatic heterocycles. The molecule has 2 aromatic rings. The Morgan fingerprint density at radius 1 is 1.16 bits per heavy atom. The number of benzene rings is 2. The minimum absolute atomic E-state index is 0.129. The second-order valence-corrected chi connectivity index (χ2v) is 6.36. The normalized spacial score (nSPS) is 20.2. The molecule has 5 nitrogen and oxygen atoms in total. The van der Waals surface area contributed by atoms with Crippen LogP contribution in [-0.4, -0.2) is 48.3 Å². The van der Waals surface area contributed by atoms with E-state index in [0.29, 0.717) is 30.0 Å². The Bertz CT molecular complexity index is 719. The van der Waals surface area contributed by atoms with Crippen LogP contribution in [0.3, 0.4) is 0 Å². The number of carbonyl (C=O) groups excluding carboxylic acids is 1. The summed E-state index contributed by atoms with van der Waals surface area (Å²) in [5, 5.41) is 10.9. The summed E-state index contributed by atoms with van der Waals surface area (Å²) in [7, 11) is 1.55. The van der Waals surface area contributed by atoms with E-state index < -0.39 is 5.60 Å². The minimum atomic E-state index is -1.05. The van der Waals surface area contributed by atoms with Crippen LogP contribution in [0.5, 0.6) is 11.5 Å². The van der Waals surface area contributed by atoms with E-state index in [9.17, 15) is 9.90 Å². The number of amides is 1. The molecule has 0 saturated carbocycles. The number of hydrogen-bond donors (Lipinski definition) is 1. The number of aliphatic hydroxyl groups is 1. The maximum atomic E-state index is 12.8. The molecule has 2 aromatic carbocycles. The maximum absolute atomic E-state index is 12.8. The Hall–Kier alpha value is -2.53. The lowest BCUT2D eigenvalue weighted by molar-refractivity contribution is -0.0532. The highest BCUT2D eigenvalue weighted by Gasteiger charge is 2.36. The van der Waals surface area contributed by atoms with E-state index in [1.165, 1.54) is 0 Å². The molecule has 3 rings (SSSR count). The first kappa shape index (κ1) is 17.3. The Balaban J connectivity index is 1.68. The summed E-state index contributed by atoms with van der Waals surface area (Å²) < 4.78 is 11.0. The van der Waals surface area contributed by atoms with Crippen molar-refractivity contribution in [3.8, 4) is 11.5 Å². The summed E-state index contributed by atoms with van der Waals surface area (Å²) in [6, 6.07) is 16.5. The van der Waals surface area contributed by atoms with Crippen molar-refractivity contribution in [3.63, 3.8) is 0 Å². The SMILES string of the molecule is COc1ccccc1C(=O)N1CCC[C@](O)(COc2ccccc2)C1. The third kappa shape index (κ3) is 4.12. The van der Waals surface area contributed by atoms with E-state index in [0.717, 1.165) is 6.42 Å². The van der Waals surface area contributed by atoms with Gasteiger partial charge in [0.1, 0.15) is 23.7 Å². The van der Waals surface area contributed by atoms with E-state index in [1.807, 2.05) is 42.5 Å². The summed E-state index contributed by atoms with van der Waals surface area (Å²) in [6.45, 7) is 1.02. The molecule has 1 saturated heterocycles. The number of carbonyl (C=O) groups is 1. The lowest BCUT2D eigenvalue weighted by Gasteiger charge is -2.39. The minimum Gasteiger partial charge on any atom is -0.496 e. The highest BCUT2D eigenvalue weighted by Crippen LogP contribution is 2.26. The van der Waals surface area contributed by atoms with E-state index in [2.05, 4.69) is 0 Å². The highest BCUT2D eigenvalue weighted by atomic mass is 16.5. The molecule has 1 N–H and O–H groups in total. The van der Waals surface area contributed by atoms with E-state index in [1.54, 1.807) is 24.1 Å². The van der Waals surface area contributed by atoms with E-state index >= 15 is 0 Å². The average molecular weight is 341 g/mol. The van der Waals surface area contributed by atoms with Crippen molar-refractivity contribution < 1.29 is 19.4 Å². The third-order valence-corrected chi connectivity index (χ3v) is 4.43. The molecular weight excluding hydrogens is 318 g/mol. The molecule has 0 aliphatic carbocycles. The van der Waals surface area contributed by atoms with Gasteiger partial charge in [0, 0.05) is 6.54 Å². The lowest BCUT2D eigenvalue weighted by atomic mass is 9.93. The van der Waals surface area contributed by atoms with Gasteiger partial charge in [0.2, 0.25) is 0 Å². The molecule has 1 fully saturated rings. The van der Waals surface area contributed by atoms with Crippen molar-refractivity contribution in [2.45, 2.75) is 18.4 Å². The number of piperidine rings is 1. The van der Waals surface area contributed by atoms with Crippen LogP contribution >= 0.6 is 0 Å². The molecule has 0 spiro atoms. The average Bonchev–Trinajstić information content (AvgIpc) is 2.67.